The lowest BCUT2D eigenvalue weighted by Crippen LogP contribution is -2.36. The van der Waals surface area contributed by atoms with Gasteiger partial charge in [-0.3, -0.25) is 4.99 Å². The van der Waals surface area contributed by atoms with Gasteiger partial charge in [0.15, 0.2) is 0 Å². The van der Waals surface area contributed by atoms with Gasteiger partial charge in [-0.1, -0.05) is 41.4 Å². The average molecular weight is 534 g/mol. The minimum atomic E-state index is -0.210. The number of halogens is 2. The number of fused-ring (bicyclic) bond motifs is 1. The van der Waals surface area contributed by atoms with E-state index in [0.717, 1.165) is 77.7 Å². The molecule has 3 heterocycles. The molecule has 1 aromatic heterocycles. The smallest absolute Gasteiger partial charge is 0.128 e. The van der Waals surface area contributed by atoms with Crippen molar-refractivity contribution in [3.63, 3.8) is 0 Å². The summed E-state index contributed by atoms with van der Waals surface area (Å²) in [4.78, 5) is 12.4. The van der Waals surface area contributed by atoms with Crippen molar-refractivity contribution >= 4 is 40.4 Å². The fraction of sp³-hybridized carbons (Fsp3) is 0.333. The second-order valence-electron chi connectivity index (χ2n) is 10.1. The van der Waals surface area contributed by atoms with Gasteiger partial charge in [-0.15, -0.1) is 0 Å². The van der Waals surface area contributed by atoms with Gasteiger partial charge in [0.05, 0.1) is 17.9 Å². The molecule has 7 heteroatoms. The predicted molar refractivity (Wildman–Crippen MR) is 152 cm³/mol. The molecule has 1 saturated carbocycles. The maximum Gasteiger partial charge on any atom is 0.128 e. The lowest BCUT2D eigenvalue weighted by Gasteiger charge is -2.30. The van der Waals surface area contributed by atoms with Gasteiger partial charge in [-0.2, -0.15) is 0 Å². The van der Waals surface area contributed by atoms with Crippen LogP contribution >= 0.6 is 23.2 Å². The van der Waals surface area contributed by atoms with E-state index in [-0.39, 0.29) is 12.1 Å². The van der Waals surface area contributed by atoms with Gasteiger partial charge in [0.2, 0.25) is 0 Å². The lowest BCUT2D eigenvalue weighted by molar-refractivity contribution is 0.145. The second-order valence-corrected chi connectivity index (χ2v) is 10.9. The molecule has 3 aliphatic rings. The molecule has 1 unspecified atom stereocenters. The number of aliphatic hydroxyl groups is 1. The van der Waals surface area contributed by atoms with E-state index in [1.54, 1.807) is 0 Å². The minimum Gasteiger partial charge on any atom is -0.393 e. The predicted octanol–water partition coefficient (Wildman–Crippen LogP) is 6.66. The summed E-state index contributed by atoms with van der Waals surface area (Å²) in [5.74, 6) is 0.930. The Labute approximate surface area is 227 Å². The van der Waals surface area contributed by atoms with Crippen molar-refractivity contribution in [2.45, 2.75) is 50.7 Å². The zero-order valence-electron chi connectivity index (χ0n) is 20.6. The Balaban J connectivity index is 1.42. The van der Waals surface area contributed by atoms with Crippen molar-refractivity contribution in [2.75, 3.05) is 23.3 Å². The maximum absolute atomic E-state index is 9.87. The maximum atomic E-state index is 9.87. The number of aliphatic imine (C=N–C) groups is 1. The summed E-state index contributed by atoms with van der Waals surface area (Å²) in [5.41, 5.74) is 7.52. The van der Waals surface area contributed by atoms with Gasteiger partial charge in [-0.05, 0) is 79.6 Å². The first-order valence-corrected chi connectivity index (χ1v) is 13.8. The van der Waals surface area contributed by atoms with Gasteiger partial charge >= 0.3 is 0 Å². The molecule has 5 nitrogen and oxygen atoms in total. The van der Waals surface area contributed by atoms with Crippen molar-refractivity contribution in [2.24, 2.45) is 4.99 Å². The summed E-state index contributed by atoms with van der Waals surface area (Å²) in [6.07, 6.45) is 7.35. The molecule has 0 amide bonds. The number of anilines is 2. The molecule has 2 fully saturated rings. The Morgan fingerprint density at radius 1 is 1.00 bits per heavy atom. The van der Waals surface area contributed by atoms with E-state index in [4.69, 9.17) is 33.2 Å². The van der Waals surface area contributed by atoms with Crippen molar-refractivity contribution in [1.82, 2.24) is 4.98 Å². The van der Waals surface area contributed by atoms with E-state index in [2.05, 4.69) is 28.4 Å². The molecule has 0 spiro atoms. The van der Waals surface area contributed by atoms with Crippen molar-refractivity contribution < 1.29 is 5.11 Å². The lowest BCUT2D eigenvalue weighted by atomic mass is 9.87. The molecule has 190 valence electrons. The topological polar surface area (TPSA) is 60.8 Å². The molecule has 0 bridgehead atoms. The van der Waals surface area contributed by atoms with E-state index in [0.29, 0.717) is 11.4 Å². The van der Waals surface area contributed by atoms with Crippen LogP contribution < -0.4 is 10.2 Å². The summed E-state index contributed by atoms with van der Waals surface area (Å²) in [6, 6.07) is 18.1. The van der Waals surface area contributed by atoms with Crippen LogP contribution in [0.5, 0.6) is 0 Å². The van der Waals surface area contributed by atoms with Crippen molar-refractivity contribution in [3.05, 3.63) is 98.8 Å². The largest absolute Gasteiger partial charge is 0.393 e. The average Bonchev–Trinajstić information content (AvgIpc) is 3.02. The molecule has 37 heavy (non-hydrogen) atoms. The van der Waals surface area contributed by atoms with Crippen LogP contribution in [0.25, 0.3) is 0 Å². The second kappa shape index (κ2) is 10.5. The van der Waals surface area contributed by atoms with Crippen LogP contribution in [0.15, 0.2) is 77.1 Å². The van der Waals surface area contributed by atoms with Gasteiger partial charge < -0.3 is 15.3 Å². The van der Waals surface area contributed by atoms with E-state index in [1.807, 2.05) is 42.6 Å². The summed E-state index contributed by atoms with van der Waals surface area (Å²) in [7, 11) is 0. The fourth-order valence-corrected chi connectivity index (χ4v) is 5.73. The third-order valence-electron chi connectivity index (χ3n) is 7.64. The van der Waals surface area contributed by atoms with Crippen LogP contribution in [0, 0.1) is 0 Å². The third kappa shape index (κ3) is 5.13. The van der Waals surface area contributed by atoms with Gasteiger partial charge in [0.1, 0.15) is 5.82 Å². The summed E-state index contributed by atoms with van der Waals surface area (Å²) < 4.78 is 0. The number of hydrogen-bond acceptors (Lipinski definition) is 5. The monoisotopic (exact) mass is 532 g/mol. The molecule has 1 aliphatic carbocycles. The van der Waals surface area contributed by atoms with Crippen molar-refractivity contribution in [3.8, 4) is 0 Å². The Hall–Kier alpha value is -2.86. The van der Waals surface area contributed by atoms with Crippen LogP contribution in [0.2, 0.25) is 10.0 Å². The first-order valence-electron chi connectivity index (χ1n) is 13.0. The number of pyridine rings is 1. The number of piperidine rings is 1. The van der Waals surface area contributed by atoms with E-state index >= 15 is 0 Å². The highest BCUT2D eigenvalue weighted by molar-refractivity contribution is 6.32. The summed E-state index contributed by atoms with van der Waals surface area (Å²) >= 11 is 13.1. The first-order chi connectivity index (χ1) is 18.0. The zero-order chi connectivity index (χ0) is 25.4. The molecule has 6 rings (SSSR count). The van der Waals surface area contributed by atoms with Gasteiger partial charge in [0.25, 0.3) is 0 Å². The van der Waals surface area contributed by atoms with Crippen LogP contribution in [0.4, 0.5) is 11.5 Å². The van der Waals surface area contributed by atoms with E-state index in [9.17, 15) is 5.11 Å². The Bertz CT molecular complexity index is 1350. The molecule has 2 N–H and O–H groups in total. The Morgan fingerprint density at radius 2 is 1.81 bits per heavy atom. The molecule has 3 aromatic rings. The van der Waals surface area contributed by atoms with Gasteiger partial charge in [0, 0.05) is 58.3 Å². The standard InChI is InChI=1S/C30H30Cl2N4O/c31-22-9-10-26-24(17-22)29(21-8-11-28(33-18-21)36-14-12-23(37)13-15-36)35-27(30(34-26)19-5-3-6-19)16-20-4-1-2-7-25(20)32/h1-2,4,7-11,17-18,23,27,34,37H,3,5-6,12-16H2. The highest BCUT2D eigenvalue weighted by Gasteiger charge is 2.29. The number of benzodiazepines with no additional fused rings is 1. The number of nitrogens with one attached hydrogen (secondary N) is 1. The number of allylic oxidation sites excluding steroid dienone is 1. The molecular weight excluding hydrogens is 503 g/mol. The van der Waals surface area contributed by atoms with Crippen LogP contribution in [-0.2, 0) is 6.42 Å². The summed E-state index contributed by atoms with van der Waals surface area (Å²) in [6.45, 7) is 1.63. The third-order valence-corrected chi connectivity index (χ3v) is 8.25. The van der Waals surface area contributed by atoms with Gasteiger partial charge in [-0.25, -0.2) is 4.98 Å². The van der Waals surface area contributed by atoms with Crippen molar-refractivity contribution in [1.29, 1.82) is 0 Å². The molecular formula is C30H30Cl2N4O. The number of nitrogens with zero attached hydrogens (tertiary/aromatic N) is 3. The highest BCUT2D eigenvalue weighted by Crippen LogP contribution is 2.37. The quantitative estimate of drug-likeness (QED) is 0.394. The number of rotatable bonds is 4. The normalized spacial score (nSPS) is 20.0. The highest BCUT2D eigenvalue weighted by atomic mass is 35.5. The zero-order valence-corrected chi connectivity index (χ0v) is 22.1. The molecule has 0 radical (unpaired) electrons. The Morgan fingerprint density at radius 3 is 2.51 bits per heavy atom. The molecule has 1 atom stereocenters. The first kappa shape index (κ1) is 24.5. The molecule has 2 aromatic carbocycles. The van der Waals surface area contributed by atoms with E-state index in [1.165, 1.54) is 17.7 Å². The number of benzene rings is 2. The minimum absolute atomic E-state index is 0.0976. The number of hydrogen-bond donors (Lipinski definition) is 2. The summed E-state index contributed by atoms with van der Waals surface area (Å²) in [5, 5.41) is 15.1. The fourth-order valence-electron chi connectivity index (χ4n) is 5.34. The molecule has 2 aliphatic heterocycles. The Kier molecular flexibility index (Phi) is 6.94. The van der Waals surface area contributed by atoms with Crippen LogP contribution in [-0.4, -0.2) is 41.0 Å². The van der Waals surface area contributed by atoms with Crippen LogP contribution in [0.1, 0.15) is 48.8 Å². The van der Waals surface area contributed by atoms with E-state index < -0.39 is 0 Å². The molecule has 1 saturated heterocycles. The SMILES string of the molecule is OC1CCN(c2ccc(C3=NC(Cc4ccccc4Cl)C(=C4CCC4)Nc4ccc(Cl)cc43)cn2)CC1. The number of aliphatic hydroxyl groups excluding tert-OH is 1. The number of aromatic nitrogens is 1. The van der Waals surface area contributed by atoms with Crippen LogP contribution in [0.3, 0.4) is 0 Å².